The van der Waals surface area contributed by atoms with Crippen LogP contribution in [0.3, 0.4) is 0 Å². The van der Waals surface area contributed by atoms with E-state index in [-0.39, 0.29) is 12.2 Å². The molecule has 0 aliphatic rings. The van der Waals surface area contributed by atoms with Gasteiger partial charge in [0.2, 0.25) is 0 Å². The maximum Gasteiger partial charge on any atom is 0.128 e. The van der Waals surface area contributed by atoms with Gasteiger partial charge in [0.25, 0.3) is 0 Å². The van der Waals surface area contributed by atoms with Gasteiger partial charge in [0.05, 0.1) is 12.5 Å². The van der Waals surface area contributed by atoms with Crippen LogP contribution in [-0.2, 0) is 13.0 Å². The van der Waals surface area contributed by atoms with Crippen LogP contribution in [0.25, 0.3) is 11.1 Å². The standard InChI is InChI=1S/C21H16FNO/c22-20-14-18(11-10-17(20)12-13-23)19-8-4-5-9-21(19)24-15-16-6-2-1-3-7-16/h1-11,14H,12,15H2. The van der Waals surface area contributed by atoms with Crippen molar-refractivity contribution < 1.29 is 9.13 Å². The van der Waals surface area contributed by atoms with E-state index in [9.17, 15) is 4.39 Å². The van der Waals surface area contributed by atoms with Crippen LogP contribution >= 0.6 is 0 Å². The zero-order valence-corrected chi connectivity index (χ0v) is 13.1. The molecule has 0 amide bonds. The Morgan fingerprint density at radius 1 is 0.917 bits per heavy atom. The molecule has 0 bridgehead atoms. The molecular formula is C21H16FNO. The van der Waals surface area contributed by atoms with Gasteiger partial charge in [0.15, 0.2) is 0 Å². The number of para-hydroxylation sites is 1. The van der Waals surface area contributed by atoms with Crippen LogP contribution in [0, 0.1) is 17.1 Å². The fourth-order valence-electron chi connectivity index (χ4n) is 2.51. The number of halogens is 1. The second-order valence-corrected chi connectivity index (χ2v) is 5.41. The van der Waals surface area contributed by atoms with Gasteiger partial charge in [-0.2, -0.15) is 5.26 Å². The molecule has 3 aromatic carbocycles. The maximum atomic E-state index is 14.1. The van der Waals surface area contributed by atoms with Gasteiger partial charge in [-0.1, -0.05) is 60.7 Å². The van der Waals surface area contributed by atoms with Gasteiger partial charge in [0, 0.05) is 11.1 Å². The zero-order valence-electron chi connectivity index (χ0n) is 13.1. The van der Waals surface area contributed by atoms with Crippen LogP contribution in [-0.4, -0.2) is 0 Å². The van der Waals surface area contributed by atoms with Crippen molar-refractivity contribution in [1.82, 2.24) is 0 Å². The summed E-state index contributed by atoms with van der Waals surface area (Å²) >= 11 is 0. The monoisotopic (exact) mass is 317 g/mol. The number of nitriles is 1. The van der Waals surface area contributed by atoms with Crippen LogP contribution in [0.4, 0.5) is 4.39 Å². The molecule has 3 rings (SSSR count). The highest BCUT2D eigenvalue weighted by Crippen LogP contribution is 2.31. The molecule has 118 valence electrons. The van der Waals surface area contributed by atoms with E-state index in [1.165, 1.54) is 6.07 Å². The lowest BCUT2D eigenvalue weighted by Gasteiger charge is -2.12. The minimum Gasteiger partial charge on any atom is -0.488 e. The first-order valence-electron chi connectivity index (χ1n) is 7.69. The fourth-order valence-corrected chi connectivity index (χ4v) is 2.51. The van der Waals surface area contributed by atoms with Crippen molar-refractivity contribution in [2.75, 3.05) is 0 Å². The highest BCUT2D eigenvalue weighted by molar-refractivity contribution is 5.70. The van der Waals surface area contributed by atoms with Gasteiger partial charge < -0.3 is 4.74 Å². The van der Waals surface area contributed by atoms with Crippen molar-refractivity contribution in [2.24, 2.45) is 0 Å². The Labute approximate surface area is 140 Å². The lowest BCUT2D eigenvalue weighted by molar-refractivity contribution is 0.307. The molecule has 0 N–H and O–H groups in total. The van der Waals surface area contributed by atoms with E-state index >= 15 is 0 Å². The summed E-state index contributed by atoms with van der Waals surface area (Å²) in [6, 6.07) is 24.4. The van der Waals surface area contributed by atoms with Gasteiger partial charge >= 0.3 is 0 Å². The summed E-state index contributed by atoms with van der Waals surface area (Å²) in [5.74, 6) is 0.334. The van der Waals surface area contributed by atoms with Gasteiger partial charge in [-0.25, -0.2) is 4.39 Å². The molecule has 3 heteroatoms. The molecule has 0 aliphatic heterocycles. The third-order valence-corrected chi connectivity index (χ3v) is 3.76. The lowest BCUT2D eigenvalue weighted by Crippen LogP contribution is -1.97. The Balaban J connectivity index is 1.86. The topological polar surface area (TPSA) is 33.0 Å². The molecule has 0 atom stereocenters. The van der Waals surface area contributed by atoms with Crippen molar-refractivity contribution >= 4 is 0 Å². The van der Waals surface area contributed by atoms with E-state index in [0.717, 1.165) is 16.7 Å². The molecule has 2 nitrogen and oxygen atoms in total. The van der Waals surface area contributed by atoms with Crippen molar-refractivity contribution in [3.63, 3.8) is 0 Å². The van der Waals surface area contributed by atoms with E-state index in [2.05, 4.69) is 0 Å². The van der Waals surface area contributed by atoms with Crippen LogP contribution in [0.1, 0.15) is 11.1 Å². The van der Waals surface area contributed by atoms with Crippen molar-refractivity contribution in [2.45, 2.75) is 13.0 Å². The first-order chi connectivity index (χ1) is 11.8. The molecule has 0 heterocycles. The Bertz CT molecular complexity index is 869. The average Bonchev–Trinajstić information content (AvgIpc) is 2.63. The van der Waals surface area contributed by atoms with E-state index in [1.54, 1.807) is 6.07 Å². The minimum atomic E-state index is -0.369. The lowest BCUT2D eigenvalue weighted by atomic mass is 10.0. The number of rotatable bonds is 5. The third kappa shape index (κ3) is 3.61. The summed E-state index contributed by atoms with van der Waals surface area (Å²) in [6.07, 6.45) is 0.0677. The predicted molar refractivity (Wildman–Crippen MR) is 91.9 cm³/mol. The summed E-state index contributed by atoms with van der Waals surface area (Å²) in [5, 5.41) is 8.72. The van der Waals surface area contributed by atoms with Crippen molar-refractivity contribution in [3.05, 3.63) is 89.7 Å². The first-order valence-corrected chi connectivity index (χ1v) is 7.69. The molecule has 0 unspecified atom stereocenters. The normalized spacial score (nSPS) is 10.2. The summed E-state index contributed by atoms with van der Waals surface area (Å²) in [4.78, 5) is 0. The smallest absolute Gasteiger partial charge is 0.128 e. The third-order valence-electron chi connectivity index (χ3n) is 3.76. The molecule has 0 radical (unpaired) electrons. The maximum absolute atomic E-state index is 14.1. The summed E-state index contributed by atoms with van der Waals surface area (Å²) in [6.45, 7) is 0.451. The van der Waals surface area contributed by atoms with E-state index < -0.39 is 0 Å². The van der Waals surface area contributed by atoms with Gasteiger partial charge in [-0.05, 0) is 23.3 Å². The Hall–Kier alpha value is -3.12. The van der Waals surface area contributed by atoms with Crippen LogP contribution in [0.2, 0.25) is 0 Å². The number of hydrogen-bond donors (Lipinski definition) is 0. The number of ether oxygens (including phenoxy) is 1. The van der Waals surface area contributed by atoms with Crippen molar-refractivity contribution in [1.29, 1.82) is 5.26 Å². The molecule has 0 saturated carbocycles. The summed E-state index contributed by atoms with van der Waals surface area (Å²) in [5.41, 5.74) is 3.04. The molecule has 0 fully saturated rings. The molecule has 0 saturated heterocycles. The van der Waals surface area contributed by atoms with Gasteiger partial charge in [0.1, 0.15) is 18.2 Å². The minimum absolute atomic E-state index is 0.0677. The largest absolute Gasteiger partial charge is 0.488 e. The summed E-state index contributed by atoms with van der Waals surface area (Å²) < 4.78 is 20.0. The fraction of sp³-hybridized carbons (Fsp3) is 0.0952. The summed E-state index contributed by atoms with van der Waals surface area (Å²) in [7, 11) is 0. The number of nitrogens with zero attached hydrogens (tertiary/aromatic N) is 1. The quantitative estimate of drug-likeness (QED) is 0.653. The highest BCUT2D eigenvalue weighted by atomic mass is 19.1. The molecule has 24 heavy (non-hydrogen) atoms. The second-order valence-electron chi connectivity index (χ2n) is 5.41. The van der Waals surface area contributed by atoms with Crippen molar-refractivity contribution in [3.8, 4) is 22.9 Å². The van der Waals surface area contributed by atoms with Crippen LogP contribution in [0.5, 0.6) is 5.75 Å². The van der Waals surface area contributed by atoms with E-state index in [1.807, 2.05) is 66.7 Å². The number of benzene rings is 3. The van der Waals surface area contributed by atoms with Gasteiger partial charge in [-0.15, -0.1) is 0 Å². The average molecular weight is 317 g/mol. The van der Waals surface area contributed by atoms with E-state index in [4.69, 9.17) is 10.00 Å². The van der Waals surface area contributed by atoms with Gasteiger partial charge in [-0.3, -0.25) is 0 Å². The highest BCUT2D eigenvalue weighted by Gasteiger charge is 2.09. The first kappa shape index (κ1) is 15.8. The Morgan fingerprint density at radius 3 is 2.42 bits per heavy atom. The zero-order chi connectivity index (χ0) is 16.8. The molecule has 3 aromatic rings. The molecule has 0 spiro atoms. The Morgan fingerprint density at radius 2 is 1.67 bits per heavy atom. The SMILES string of the molecule is N#CCc1ccc(-c2ccccc2OCc2ccccc2)cc1F. The molecule has 0 aromatic heterocycles. The predicted octanol–water partition coefficient (Wildman–Crippen LogP) is 5.14. The van der Waals surface area contributed by atoms with E-state index in [0.29, 0.717) is 17.9 Å². The molecule has 0 aliphatic carbocycles. The molecular weight excluding hydrogens is 301 g/mol. The number of hydrogen-bond acceptors (Lipinski definition) is 2. The van der Waals surface area contributed by atoms with Crippen LogP contribution in [0.15, 0.2) is 72.8 Å². The van der Waals surface area contributed by atoms with Crippen LogP contribution < -0.4 is 4.74 Å². The second kappa shape index (κ2) is 7.43. The Kier molecular flexibility index (Phi) is 4.88.